The Morgan fingerprint density at radius 2 is 1.93 bits per heavy atom. The predicted molar refractivity (Wildman–Crippen MR) is 171 cm³/mol. The van der Waals surface area contributed by atoms with Crippen molar-refractivity contribution < 1.29 is 23.8 Å². The molecule has 11 heteroatoms. The number of aromatic nitrogens is 2. The topological polar surface area (TPSA) is 124 Å². The molecule has 1 aromatic carbocycles. The van der Waals surface area contributed by atoms with E-state index in [1.165, 1.54) is 23.9 Å². The number of ether oxygens (including phenoxy) is 1. The zero-order chi connectivity index (χ0) is 31.3. The summed E-state index contributed by atoms with van der Waals surface area (Å²) >= 11 is 0. The molecule has 1 amide bonds. The normalized spacial score (nSPS) is 17.8. The summed E-state index contributed by atoms with van der Waals surface area (Å²) in [6, 6.07) is 10.2. The number of aliphatic hydroxyl groups is 1. The number of anilines is 2. The van der Waals surface area contributed by atoms with Gasteiger partial charge in [-0.15, -0.1) is 0 Å². The Kier molecular flexibility index (Phi) is 9.65. The Morgan fingerprint density at radius 3 is 2.69 bits per heavy atom. The van der Waals surface area contributed by atoms with Crippen LogP contribution in [0.4, 0.5) is 11.5 Å². The number of nitrogens with zero attached hydrogens (tertiary/aromatic N) is 5. The number of rotatable bonds is 12. The zero-order valence-electron chi connectivity index (χ0n) is 26.3. The first-order valence-electron chi connectivity index (χ1n) is 16.2. The first-order valence-corrected chi connectivity index (χ1v) is 16.2. The number of β-amino-alcohol motifs (C(OH)–C–C–N with tert-alkyl or cyclic N) is 1. The average Bonchev–Trinajstić information content (AvgIpc) is 3.44. The number of hydrogen-bond acceptors (Lipinski definition) is 10. The number of carbonyl (C=O) groups is 2. The van der Waals surface area contributed by atoms with Gasteiger partial charge in [0.05, 0.1) is 17.8 Å². The summed E-state index contributed by atoms with van der Waals surface area (Å²) in [6.07, 6.45) is 5.74. The third kappa shape index (κ3) is 7.83. The van der Waals surface area contributed by atoms with E-state index in [1.807, 2.05) is 25.1 Å². The number of aryl methyl sites for hydroxylation is 1. The minimum absolute atomic E-state index is 0.0630. The quantitative estimate of drug-likeness (QED) is 0.289. The highest BCUT2D eigenvalue weighted by molar-refractivity contribution is 5.95. The largest absolute Gasteiger partial charge is 0.486 e. The number of Topliss-reactive ketones (excluding diaryl/α,β-unsaturated/α-hetero) is 1. The van der Waals surface area contributed by atoms with Gasteiger partial charge in [0, 0.05) is 70.9 Å². The van der Waals surface area contributed by atoms with Crippen molar-refractivity contribution in [2.24, 2.45) is 0 Å². The molecule has 11 nitrogen and oxygen atoms in total. The summed E-state index contributed by atoms with van der Waals surface area (Å²) in [5.74, 6) is 2.37. The second-order valence-electron chi connectivity index (χ2n) is 12.6. The summed E-state index contributed by atoms with van der Waals surface area (Å²) in [5.41, 5.74) is 4.60. The molecule has 45 heavy (non-hydrogen) atoms. The van der Waals surface area contributed by atoms with Gasteiger partial charge in [0.15, 0.2) is 17.9 Å². The fourth-order valence-electron chi connectivity index (χ4n) is 6.35. The van der Waals surface area contributed by atoms with E-state index >= 15 is 0 Å². The lowest BCUT2D eigenvalue weighted by atomic mass is 9.98. The molecule has 0 radical (unpaired) electrons. The van der Waals surface area contributed by atoms with Crippen LogP contribution >= 0.6 is 0 Å². The summed E-state index contributed by atoms with van der Waals surface area (Å²) in [4.78, 5) is 40.2. The highest BCUT2D eigenvalue weighted by atomic mass is 16.5. The van der Waals surface area contributed by atoms with Gasteiger partial charge >= 0.3 is 0 Å². The van der Waals surface area contributed by atoms with Crippen LogP contribution in [0.25, 0.3) is 0 Å². The van der Waals surface area contributed by atoms with Crippen molar-refractivity contribution in [2.45, 2.75) is 77.7 Å². The number of hydrogen-bond donors (Lipinski definition) is 2. The van der Waals surface area contributed by atoms with Gasteiger partial charge in [0.25, 0.3) is 0 Å². The molecule has 2 aromatic heterocycles. The summed E-state index contributed by atoms with van der Waals surface area (Å²) in [7, 11) is 0. The van der Waals surface area contributed by atoms with Crippen molar-refractivity contribution in [1.82, 2.24) is 19.8 Å². The lowest BCUT2D eigenvalue weighted by Gasteiger charge is -2.39. The molecular formula is C34H44N6O5. The van der Waals surface area contributed by atoms with Crippen LogP contribution in [0.1, 0.15) is 72.1 Å². The van der Waals surface area contributed by atoms with Crippen LogP contribution in [0.2, 0.25) is 0 Å². The molecule has 3 aromatic rings. The van der Waals surface area contributed by atoms with Gasteiger partial charge in [-0.25, -0.2) is 9.97 Å². The molecule has 2 fully saturated rings. The van der Waals surface area contributed by atoms with Crippen LogP contribution in [0.3, 0.4) is 0 Å². The Labute approximate surface area is 264 Å². The monoisotopic (exact) mass is 616 g/mol. The van der Waals surface area contributed by atoms with Crippen molar-refractivity contribution >= 4 is 23.2 Å². The summed E-state index contributed by atoms with van der Waals surface area (Å²) < 4.78 is 11.3. The van der Waals surface area contributed by atoms with Gasteiger partial charge in [-0.2, -0.15) is 0 Å². The number of fused-ring (bicyclic) bond motifs is 1. The maximum Gasteiger partial charge on any atom is 0.219 e. The number of oxazole rings is 1. The highest BCUT2D eigenvalue weighted by Crippen LogP contribution is 2.27. The zero-order valence-corrected chi connectivity index (χ0v) is 26.3. The fraction of sp³-hybridized carbons (Fsp3) is 0.529. The molecule has 5 heterocycles. The number of pyridine rings is 1. The number of nitrogens with one attached hydrogen (secondary N) is 1. The van der Waals surface area contributed by atoms with Crippen LogP contribution in [-0.4, -0.2) is 88.0 Å². The number of amides is 1. The van der Waals surface area contributed by atoms with Gasteiger partial charge in [-0.3, -0.25) is 14.5 Å². The molecule has 2 saturated heterocycles. The van der Waals surface area contributed by atoms with Gasteiger partial charge in [0.1, 0.15) is 23.9 Å². The Hall–Kier alpha value is -3.96. The van der Waals surface area contributed by atoms with E-state index in [1.54, 1.807) is 11.8 Å². The Balaban J connectivity index is 1.02. The van der Waals surface area contributed by atoms with Gasteiger partial charge < -0.3 is 29.4 Å². The summed E-state index contributed by atoms with van der Waals surface area (Å²) in [5, 5.41) is 14.4. The minimum Gasteiger partial charge on any atom is -0.486 e. The van der Waals surface area contributed by atoms with Crippen LogP contribution < -0.4 is 15.0 Å². The van der Waals surface area contributed by atoms with E-state index in [9.17, 15) is 14.7 Å². The van der Waals surface area contributed by atoms with Crippen LogP contribution in [0.15, 0.2) is 41.1 Å². The highest BCUT2D eigenvalue weighted by Gasteiger charge is 2.29. The van der Waals surface area contributed by atoms with Crippen LogP contribution in [-0.2, 0) is 24.4 Å². The third-order valence-corrected chi connectivity index (χ3v) is 9.13. The van der Waals surface area contributed by atoms with Crippen molar-refractivity contribution in [3.8, 4) is 5.75 Å². The van der Waals surface area contributed by atoms with E-state index in [4.69, 9.17) is 14.1 Å². The average molecular weight is 617 g/mol. The number of ketones is 1. The number of carbonyl (C=O) groups excluding carboxylic acids is 2. The van der Waals surface area contributed by atoms with Crippen molar-refractivity contribution in [2.75, 3.05) is 49.5 Å². The fourth-order valence-corrected chi connectivity index (χ4v) is 6.35. The molecule has 1 atom stereocenters. The van der Waals surface area contributed by atoms with Crippen molar-refractivity contribution in [3.05, 3.63) is 65.0 Å². The molecule has 240 valence electrons. The maximum atomic E-state index is 13.4. The number of likely N-dealkylation sites (tertiary alicyclic amines) is 1. The molecule has 0 spiro atoms. The molecule has 1 unspecified atom stereocenters. The van der Waals surface area contributed by atoms with Gasteiger partial charge in [0.2, 0.25) is 5.91 Å². The number of piperidine rings is 1. The van der Waals surface area contributed by atoms with E-state index in [2.05, 4.69) is 32.2 Å². The van der Waals surface area contributed by atoms with E-state index in [0.29, 0.717) is 38.4 Å². The second-order valence-corrected chi connectivity index (χ2v) is 12.6. The summed E-state index contributed by atoms with van der Waals surface area (Å²) in [6.45, 7) is 9.10. The Bertz CT molecular complexity index is 1500. The standard InChI is InChI=1S/C34H44N6O5/c1-23-33(45-22-35-23)21-44-30-8-6-26-17-38(13-10-25(26)14-30)20-29(42)7-9-32(43)31-15-27(36-28-18-40(19-28)24(2)41)16-34(37-31)39-11-4-3-5-12-39/h6,8,14-16,22,28-29,42H,3-5,7,9-13,17-21H2,1-2H3,(H,36,37). The predicted octanol–water partition coefficient (Wildman–Crippen LogP) is 3.97. The minimum atomic E-state index is -0.612. The lowest BCUT2D eigenvalue weighted by Crippen LogP contribution is -2.56. The SMILES string of the molecule is CC(=O)N1CC(Nc2cc(C(=O)CCC(O)CN3CCc4cc(OCc5ocnc5C)ccc4C3)nc(N3CCCCC3)c2)C1. The van der Waals surface area contributed by atoms with Crippen molar-refractivity contribution in [1.29, 1.82) is 0 Å². The second kappa shape index (κ2) is 14.0. The Morgan fingerprint density at radius 1 is 1.11 bits per heavy atom. The first kappa shape index (κ1) is 31.0. The molecule has 0 bridgehead atoms. The molecule has 3 aliphatic rings. The number of benzene rings is 1. The van der Waals surface area contributed by atoms with E-state index in [0.717, 1.165) is 74.2 Å². The lowest BCUT2D eigenvalue weighted by molar-refractivity contribution is -0.132. The first-order chi connectivity index (χ1) is 21.8. The molecule has 3 aliphatic heterocycles. The molecular weight excluding hydrogens is 572 g/mol. The number of aliphatic hydroxyl groups excluding tert-OH is 1. The maximum absolute atomic E-state index is 13.4. The molecule has 0 saturated carbocycles. The van der Waals surface area contributed by atoms with E-state index < -0.39 is 6.10 Å². The molecule has 2 N–H and O–H groups in total. The molecule has 6 rings (SSSR count). The van der Waals surface area contributed by atoms with Crippen LogP contribution in [0, 0.1) is 6.92 Å². The van der Waals surface area contributed by atoms with Gasteiger partial charge in [-0.05, 0) is 68.4 Å². The molecule has 0 aliphatic carbocycles. The third-order valence-electron chi connectivity index (χ3n) is 9.13. The van der Waals surface area contributed by atoms with Gasteiger partial charge in [-0.1, -0.05) is 6.07 Å². The van der Waals surface area contributed by atoms with Crippen molar-refractivity contribution in [3.63, 3.8) is 0 Å². The smallest absolute Gasteiger partial charge is 0.219 e. The van der Waals surface area contributed by atoms with Crippen LogP contribution in [0.5, 0.6) is 5.75 Å². The van der Waals surface area contributed by atoms with E-state index in [-0.39, 0.29) is 24.2 Å².